The number of ether oxygens (including phenoxy) is 2. The first kappa shape index (κ1) is 35.3. The number of terminal acetylenes is 1. The minimum absolute atomic E-state index is 0.0192. The quantitative estimate of drug-likeness (QED) is 0.219. The van der Waals surface area contributed by atoms with Gasteiger partial charge in [0.25, 0.3) is 0 Å². The maximum atomic E-state index is 13.9. The van der Waals surface area contributed by atoms with E-state index in [1.807, 2.05) is 6.92 Å². The number of hydrogen-bond donors (Lipinski definition) is 0. The third-order valence-corrected chi connectivity index (χ3v) is 15.4. The molecule has 0 aromatic rings. The molecule has 1 amide bonds. The van der Waals surface area contributed by atoms with Crippen molar-refractivity contribution in [3.8, 4) is 12.3 Å². The Kier molecular flexibility index (Phi) is 8.85. The van der Waals surface area contributed by atoms with E-state index < -0.39 is 11.5 Å². The van der Waals surface area contributed by atoms with Gasteiger partial charge in [0.15, 0.2) is 12.4 Å². The van der Waals surface area contributed by atoms with Crippen LogP contribution in [0.4, 0.5) is 4.79 Å². The zero-order chi connectivity index (χ0) is 35.7. The number of esters is 1. The van der Waals surface area contributed by atoms with Gasteiger partial charge in [0.1, 0.15) is 0 Å². The first-order valence-electron chi connectivity index (χ1n) is 19.4. The standard InChI is InChI=1S/C43H58N2O5/c1-8-26-49-37(47)40(4)17-16-39(3)18-20-42(6)34-13-12-31-29(2)36(33(46)27-32(31)41(34,5)19-21-43(42,7)35(39)28-40)50-38(48)45-24-14-30(15-25-45)44-22-10-9-11-23-44/h1,12-13,27,30,35H,9-11,14-26,28H2,2-7H3/t35-,39-,40-,41+,42-,43+/m1/s1. The van der Waals surface area contributed by atoms with E-state index in [0.29, 0.717) is 25.0 Å². The number of rotatable bonds is 4. The second-order valence-corrected chi connectivity index (χ2v) is 18.1. The molecule has 0 aromatic carbocycles. The maximum Gasteiger partial charge on any atom is 0.415 e. The second kappa shape index (κ2) is 12.5. The lowest BCUT2D eigenvalue weighted by Crippen LogP contribution is -2.62. The summed E-state index contributed by atoms with van der Waals surface area (Å²) in [6.45, 7) is 17.4. The molecule has 7 heteroatoms. The number of fused-ring (bicyclic) bond motifs is 7. The van der Waals surface area contributed by atoms with Gasteiger partial charge < -0.3 is 19.3 Å². The van der Waals surface area contributed by atoms with Gasteiger partial charge >= 0.3 is 12.1 Å². The normalized spacial score (nSPS) is 39.1. The van der Waals surface area contributed by atoms with Crippen molar-refractivity contribution in [3.05, 3.63) is 46.3 Å². The summed E-state index contributed by atoms with van der Waals surface area (Å²) >= 11 is 0. The van der Waals surface area contributed by atoms with Gasteiger partial charge in [-0.2, -0.15) is 0 Å². The number of allylic oxidation sites excluding steroid dienone is 7. The minimum Gasteiger partial charge on any atom is -0.452 e. The third kappa shape index (κ3) is 5.37. The molecule has 0 spiro atoms. The first-order valence-corrected chi connectivity index (χ1v) is 19.4. The van der Waals surface area contributed by atoms with Crippen LogP contribution in [-0.4, -0.2) is 66.5 Å². The van der Waals surface area contributed by atoms with Crippen LogP contribution in [0.5, 0.6) is 0 Å². The molecule has 0 unspecified atom stereocenters. The van der Waals surface area contributed by atoms with Crippen LogP contribution in [0.15, 0.2) is 46.3 Å². The summed E-state index contributed by atoms with van der Waals surface area (Å²) in [6, 6.07) is 0.534. The molecule has 0 bridgehead atoms. The molecular formula is C43H58N2O5. The number of ketones is 1. The minimum atomic E-state index is -0.547. The molecule has 5 aliphatic carbocycles. The Bertz CT molecular complexity index is 1630. The maximum absolute atomic E-state index is 13.9. The fourth-order valence-corrected chi connectivity index (χ4v) is 11.9. The summed E-state index contributed by atoms with van der Waals surface area (Å²) in [4.78, 5) is 45.0. The average molecular weight is 683 g/mol. The van der Waals surface area contributed by atoms with E-state index in [1.165, 1.54) is 24.8 Å². The molecule has 0 radical (unpaired) electrons. The Morgan fingerprint density at radius 2 is 1.62 bits per heavy atom. The molecule has 0 N–H and O–H groups in total. The Morgan fingerprint density at radius 3 is 2.32 bits per heavy atom. The predicted molar refractivity (Wildman–Crippen MR) is 195 cm³/mol. The second-order valence-electron chi connectivity index (χ2n) is 18.1. The Balaban J connectivity index is 1.13. The monoisotopic (exact) mass is 682 g/mol. The van der Waals surface area contributed by atoms with E-state index in [1.54, 1.807) is 11.0 Å². The van der Waals surface area contributed by atoms with Crippen LogP contribution in [0.25, 0.3) is 0 Å². The van der Waals surface area contributed by atoms with Gasteiger partial charge in [-0.3, -0.25) is 9.59 Å². The summed E-state index contributed by atoms with van der Waals surface area (Å²) in [6.07, 6.45) is 23.8. The van der Waals surface area contributed by atoms with Gasteiger partial charge in [-0.1, -0.05) is 57.8 Å². The smallest absolute Gasteiger partial charge is 0.415 e. The summed E-state index contributed by atoms with van der Waals surface area (Å²) in [7, 11) is 0. The van der Waals surface area contributed by atoms with Crippen molar-refractivity contribution in [1.82, 2.24) is 9.80 Å². The molecule has 7 rings (SSSR count). The number of carbonyl (C=O) groups is 3. The van der Waals surface area contributed by atoms with Crippen molar-refractivity contribution in [1.29, 1.82) is 0 Å². The van der Waals surface area contributed by atoms with Gasteiger partial charge in [-0.25, -0.2) is 4.79 Å². The molecule has 6 atom stereocenters. The lowest BCUT2D eigenvalue weighted by molar-refractivity contribution is -0.181. The Labute approximate surface area is 299 Å². The number of nitrogens with zero attached hydrogens (tertiary/aromatic N) is 2. The van der Waals surface area contributed by atoms with Crippen molar-refractivity contribution in [2.75, 3.05) is 32.8 Å². The summed E-state index contributed by atoms with van der Waals surface area (Å²) in [5.74, 6) is 2.61. The Morgan fingerprint density at radius 1 is 0.920 bits per heavy atom. The van der Waals surface area contributed by atoms with Crippen molar-refractivity contribution in [3.63, 3.8) is 0 Å². The number of amides is 1. The molecule has 270 valence electrons. The van der Waals surface area contributed by atoms with Crippen molar-refractivity contribution >= 4 is 17.8 Å². The van der Waals surface area contributed by atoms with Crippen LogP contribution in [-0.2, 0) is 19.1 Å². The topological polar surface area (TPSA) is 76.2 Å². The summed E-state index contributed by atoms with van der Waals surface area (Å²) in [5, 5.41) is 0. The predicted octanol–water partition coefficient (Wildman–Crippen LogP) is 8.32. The zero-order valence-corrected chi connectivity index (χ0v) is 31.4. The third-order valence-electron chi connectivity index (χ3n) is 15.4. The highest BCUT2D eigenvalue weighted by Gasteiger charge is 2.67. The molecule has 0 aromatic heterocycles. The number of hydrogen-bond acceptors (Lipinski definition) is 6. The van der Waals surface area contributed by atoms with Gasteiger partial charge in [0.05, 0.1) is 5.41 Å². The summed E-state index contributed by atoms with van der Waals surface area (Å²) in [5.41, 5.74) is 3.38. The van der Waals surface area contributed by atoms with E-state index in [9.17, 15) is 14.4 Å². The van der Waals surface area contributed by atoms with Crippen LogP contribution in [0.3, 0.4) is 0 Å². The fourth-order valence-electron chi connectivity index (χ4n) is 11.9. The van der Waals surface area contributed by atoms with Crippen LogP contribution in [0, 0.1) is 45.3 Å². The highest BCUT2D eigenvalue weighted by atomic mass is 16.6. The lowest BCUT2D eigenvalue weighted by Gasteiger charge is -2.70. The molecule has 2 aliphatic heterocycles. The average Bonchev–Trinajstić information content (AvgIpc) is 3.11. The van der Waals surface area contributed by atoms with Gasteiger partial charge in [-0.15, -0.1) is 6.42 Å². The molecule has 2 saturated heterocycles. The SMILES string of the molecule is C#CCOC(=O)[C@]1(C)CC[C@]2(C)CC[C@]3(C)C4=CC=C5C(=CC(=O)C(OC(=O)N6CCC(N7CCCCC7)CC6)=C5C)[C@]4(C)CC[C@@]3(C)[C@@H]2C1. The Hall–Kier alpha value is -3.11. The zero-order valence-electron chi connectivity index (χ0n) is 31.4. The molecule has 3 saturated carbocycles. The molecule has 7 nitrogen and oxygen atoms in total. The van der Waals surface area contributed by atoms with Gasteiger partial charge in [0.2, 0.25) is 5.78 Å². The summed E-state index contributed by atoms with van der Waals surface area (Å²) < 4.78 is 11.5. The van der Waals surface area contributed by atoms with E-state index in [-0.39, 0.29) is 45.8 Å². The number of piperidine rings is 2. The molecule has 2 heterocycles. The molecule has 5 fully saturated rings. The van der Waals surface area contributed by atoms with Crippen LogP contribution < -0.4 is 0 Å². The molecule has 7 aliphatic rings. The van der Waals surface area contributed by atoms with Crippen LogP contribution >= 0.6 is 0 Å². The van der Waals surface area contributed by atoms with Crippen LogP contribution in [0.2, 0.25) is 0 Å². The molecule has 50 heavy (non-hydrogen) atoms. The fraction of sp³-hybridized carbons (Fsp3) is 0.698. The van der Waals surface area contributed by atoms with E-state index in [4.69, 9.17) is 15.9 Å². The van der Waals surface area contributed by atoms with Gasteiger partial charge in [0, 0.05) is 30.1 Å². The van der Waals surface area contributed by atoms with Crippen molar-refractivity contribution < 1.29 is 23.9 Å². The van der Waals surface area contributed by atoms with Gasteiger partial charge in [-0.05, 0) is 137 Å². The highest BCUT2D eigenvalue weighted by Crippen LogP contribution is 2.75. The van der Waals surface area contributed by atoms with Crippen LogP contribution in [0.1, 0.15) is 119 Å². The van der Waals surface area contributed by atoms with E-state index in [0.717, 1.165) is 87.6 Å². The first-order chi connectivity index (χ1) is 23.7. The number of likely N-dealkylation sites (tertiary alicyclic amines) is 2. The lowest BCUT2D eigenvalue weighted by atomic mass is 9.34. The van der Waals surface area contributed by atoms with Crippen molar-refractivity contribution in [2.24, 2.45) is 33.0 Å². The highest BCUT2D eigenvalue weighted by molar-refractivity contribution is 6.08. The van der Waals surface area contributed by atoms with E-state index >= 15 is 0 Å². The molecular weight excluding hydrogens is 624 g/mol. The largest absolute Gasteiger partial charge is 0.452 e. The van der Waals surface area contributed by atoms with Crippen molar-refractivity contribution in [2.45, 2.75) is 125 Å². The number of carbonyl (C=O) groups excluding carboxylic acids is 3. The van der Waals surface area contributed by atoms with E-state index in [2.05, 4.69) is 57.6 Å².